The molecule has 0 N–H and O–H groups in total. The van der Waals surface area contributed by atoms with E-state index in [-0.39, 0.29) is 25.1 Å². The lowest BCUT2D eigenvalue weighted by atomic mass is 10.00. The summed E-state index contributed by atoms with van der Waals surface area (Å²) in [4.78, 5) is 41.4. The van der Waals surface area contributed by atoms with Crippen molar-refractivity contribution in [2.75, 3.05) is 13.7 Å². The smallest absolute Gasteiger partial charge is 0.377 e. The second-order valence-electron chi connectivity index (χ2n) is 9.93. The number of methoxy groups -OCH3 is 1. The summed E-state index contributed by atoms with van der Waals surface area (Å²) in [7, 11) is 1.46. The third-order valence-electron chi connectivity index (χ3n) is 7.06. The maximum atomic E-state index is 14.4. The van der Waals surface area contributed by atoms with Crippen molar-refractivity contribution in [3.63, 3.8) is 0 Å². The molecule has 226 valence electrons. The minimum atomic E-state index is -1.17. The molecule has 0 saturated carbocycles. The average Bonchev–Trinajstić information content (AvgIpc) is 3.42. The fourth-order valence-electron chi connectivity index (χ4n) is 4.82. The Morgan fingerprint density at radius 1 is 0.932 bits per heavy atom. The van der Waals surface area contributed by atoms with Crippen molar-refractivity contribution in [1.82, 2.24) is 24.7 Å². The lowest BCUT2D eigenvalue weighted by molar-refractivity contribution is -0.140. The predicted molar refractivity (Wildman–Crippen MR) is 156 cm³/mol. The minimum absolute atomic E-state index is 0.0543. The standard InChI is InChI=1S/C32H29F2N5O5/c1-43-28-18-17-24(30(40)44-21-23-12-6-3-7-13-23)20-27(28)37(19-9-14-22-10-4-2-5-11-22)31(41)39-32(42)38(35-36-39)29-25(33)15-8-16-26(29)34/h2-8,10-13,15-17,20,28H,9,14,18-19,21H2,1H3. The molecule has 0 saturated heterocycles. The Labute approximate surface area is 251 Å². The van der Waals surface area contributed by atoms with Crippen LogP contribution in [0.4, 0.5) is 13.6 Å². The number of aromatic nitrogens is 4. The van der Waals surface area contributed by atoms with Crippen LogP contribution in [0.25, 0.3) is 5.69 Å². The van der Waals surface area contributed by atoms with E-state index in [4.69, 9.17) is 9.47 Å². The molecule has 1 aliphatic rings. The zero-order valence-corrected chi connectivity index (χ0v) is 23.8. The number of benzene rings is 3. The van der Waals surface area contributed by atoms with Crippen molar-refractivity contribution in [3.8, 4) is 5.69 Å². The van der Waals surface area contributed by atoms with Crippen LogP contribution in [0.15, 0.2) is 107 Å². The van der Waals surface area contributed by atoms with Crippen LogP contribution in [0, 0.1) is 11.6 Å². The number of halogens is 2. The van der Waals surface area contributed by atoms with Crippen LogP contribution in [0.5, 0.6) is 0 Å². The van der Waals surface area contributed by atoms with E-state index in [1.165, 1.54) is 18.1 Å². The number of nitrogens with zero attached hydrogens (tertiary/aromatic N) is 5. The zero-order valence-electron chi connectivity index (χ0n) is 23.8. The van der Waals surface area contributed by atoms with E-state index in [0.717, 1.165) is 29.3 Å². The highest BCUT2D eigenvalue weighted by molar-refractivity contribution is 5.92. The molecule has 1 aromatic heterocycles. The van der Waals surface area contributed by atoms with Crippen LogP contribution in [0.3, 0.4) is 0 Å². The molecule has 1 amide bonds. The van der Waals surface area contributed by atoms with Crippen LogP contribution < -0.4 is 5.69 Å². The Bertz CT molecular complexity index is 1730. The fraction of sp³-hybridized carbons (Fsp3) is 0.219. The summed E-state index contributed by atoms with van der Waals surface area (Å²) in [5.74, 6) is -2.70. The summed E-state index contributed by atoms with van der Waals surface area (Å²) in [5, 5.41) is 7.22. The summed E-state index contributed by atoms with van der Waals surface area (Å²) in [6.07, 6.45) is 3.78. The molecule has 12 heteroatoms. The molecule has 1 unspecified atom stereocenters. The first kappa shape index (κ1) is 30.2. The van der Waals surface area contributed by atoms with Crippen molar-refractivity contribution in [2.45, 2.75) is 32.0 Å². The largest absolute Gasteiger partial charge is 0.457 e. The summed E-state index contributed by atoms with van der Waals surface area (Å²) in [6.45, 7) is 0.151. The van der Waals surface area contributed by atoms with Gasteiger partial charge >= 0.3 is 17.7 Å². The van der Waals surface area contributed by atoms with Gasteiger partial charge in [0.05, 0.1) is 11.3 Å². The van der Waals surface area contributed by atoms with E-state index in [2.05, 4.69) is 10.4 Å². The van der Waals surface area contributed by atoms with Gasteiger partial charge in [-0.2, -0.15) is 4.68 Å². The molecule has 5 rings (SSSR count). The lowest BCUT2D eigenvalue weighted by Gasteiger charge is -2.31. The van der Waals surface area contributed by atoms with Crippen molar-refractivity contribution < 1.29 is 27.8 Å². The zero-order chi connectivity index (χ0) is 31.1. The Hall–Kier alpha value is -5.23. The van der Waals surface area contributed by atoms with E-state index in [0.29, 0.717) is 27.9 Å². The fourth-order valence-corrected chi connectivity index (χ4v) is 4.82. The van der Waals surface area contributed by atoms with Crippen LogP contribution in [0.2, 0.25) is 0 Å². The Morgan fingerprint density at radius 2 is 1.59 bits per heavy atom. The number of ether oxygens (including phenoxy) is 2. The summed E-state index contributed by atoms with van der Waals surface area (Å²) in [5.41, 5.74) is 0.403. The number of hydrogen-bond donors (Lipinski definition) is 0. The Morgan fingerprint density at radius 3 is 2.25 bits per heavy atom. The van der Waals surface area contributed by atoms with E-state index < -0.39 is 41.1 Å². The molecule has 0 spiro atoms. The maximum Gasteiger partial charge on any atom is 0.377 e. The van der Waals surface area contributed by atoms with E-state index in [1.807, 2.05) is 60.7 Å². The lowest BCUT2D eigenvalue weighted by Crippen LogP contribution is -2.44. The summed E-state index contributed by atoms with van der Waals surface area (Å²) in [6, 6.07) is 20.9. The molecule has 4 aromatic rings. The van der Waals surface area contributed by atoms with Gasteiger partial charge < -0.3 is 9.47 Å². The monoisotopic (exact) mass is 601 g/mol. The molecule has 0 fully saturated rings. The maximum absolute atomic E-state index is 14.4. The molecule has 0 aliphatic heterocycles. The van der Waals surface area contributed by atoms with Gasteiger partial charge in [0.1, 0.15) is 18.4 Å². The number of amides is 1. The van der Waals surface area contributed by atoms with Crippen molar-refractivity contribution >= 4 is 12.0 Å². The van der Waals surface area contributed by atoms with Crippen LogP contribution >= 0.6 is 0 Å². The van der Waals surface area contributed by atoms with Gasteiger partial charge in [-0.25, -0.2) is 23.2 Å². The SMILES string of the molecule is COC1CC=C(C(=O)OCc2ccccc2)C=C1N(CCCc1ccccc1)C(=O)n1nnn(-c2c(F)cccc2F)c1=O. The van der Waals surface area contributed by atoms with Crippen molar-refractivity contribution in [2.24, 2.45) is 0 Å². The first-order valence-corrected chi connectivity index (χ1v) is 13.9. The molecular formula is C32H29F2N5O5. The van der Waals surface area contributed by atoms with E-state index in [1.54, 1.807) is 6.08 Å². The summed E-state index contributed by atoms with van der Waals surface area (Å²) < 4.78 is 40.8. The highest BCUT2D eigenvalue weighted by Gasteiger charge is 2.32. The summed E-state index contributed by atoms with van der Waals surface area (Å²) >= 11 is 0. The van der Waals surface area contributed by atoms with Gasteiger partial charge in [0, 0.05) is 13.7 Å². The molecule has 1 aliphatic carbocycles. The second kappa shape index (κ2) is 13.8. The molecule has 10 nitrogen and oxygen atoms in total. The topological polar surface area (TPSA) is 109 Å². The number of tetrazole rings is 1. The van der Waals surface area contributed by atoms with Gasteiger partial charge in [-0.05, 0) is 59.0 Å². The second-order valence-corrected chi connectivity index (χ2v) is 9.93. The first-order valence-electron chi connectivity index (χ1n) is 13.9. The molecule has 0 bridgehead atoms. The molecular weight excluding hydrogens is 572 g/mol. The molecule has 1 heterocycles. The quantitative estimate of drug-likeness (QED) is 0.193. The van der Waals surface area contributed by atoms with Crippen LogP contribution in [-0.2, 0) is 27.3 Å². The number of aryl methyl sites for hydroxylation is 1. The van der Waals surface area contributed by atoms with Gasteiger partial charge in [-0.15, -0.1) is 4.68 Å². The number of carbonyl (C=O) groups is 2. The van der Waals surface area contributed by atoms with E-state index >= 15 is 0 Å². The average molecular weight is 602 g/mol. The van der Waals surface area contributed by atoms with Crippen LogP contribution in [0.1, 0.15) is 24.0 Å². The minimum Gasteiger partial charge on any atom is -0.457 e. The normalized spacial score (nSPS) is 14.5. The molecule has 0 radical (unpaired) electrons. The van der Waals surface area contributed by atoms with Gasteiger partial charge in [0.2, 0.25) is 0 Å². The van der Waals surface area contributed by atoms with Gasteiger partial charge in [-0.1, -0.05) is 72.8 Å². The van der Waals surface area contributed by atoms with Gasteiger partial charge in [0.25, 0.3) is 0 Å². The Kier molecular flexibility index (Phi) is 9.50. The molecule has 3 aromatic carbocycles. The van der Waals surface area contributed by atoms with Gasteiger partial charge in [0.15, 0.2) is 11.6 Å². The van der Waals surface area contributed by atoms with Crippen LogP contribution in [-0.4, -0.2) is 56.4 Å². The number of esters is 1. The Balaban J connectivity index is 1.46. The third kappa shape index (κ3) is 6.70. The first-order chi connectivity index (χ1) is 21.4. The predicted octanol–water partition coefficient (Wildman–Crippen LogP) is 4.58. The number of rotatable bonds is 10. The highest BCUT2D eigenvalue weighted by Crippen LogP contribution is 2.26. The van der Waals surface area contributed by atoms with Crippen molar-refractivity contribution in [1.29, 1.82) is 0 Å². The third-order valence-corrected chi connectivity index (χ3v) is 7.06. The van der Waals surface area contributed by atoms with Crippen molar-refractivity contribution in [3.05, 3.63) is 136 Å². The van der Waals surface area contributed by atoms with Gasteiger partial charge in [-0.3, -0.25) is 4.90 Å². The van der Waals surface area contributed by atoms with E-state index in [9.17, 15) is 23.2 Å². The number of hydrogen-bond acceptors (Lipinski definition) is 7. The molecule has 1 atom stereocenters. The molecule has 44 heavy (non-hydrogen) atoms. The number of carbonyl (C=O) groups excluding carboxylic acids is 2. The number of para-hydroxylation sites is 1. The highest BCUT2D eigenvalue weighted by atomic mass is 19.1.